The number of nitrogens with one attached hydrogen (secondary N) is 1. The lowest BCUT2D eigenvalue weighted by Crippen LogP contribution is -2.33. The summed E-state index contributed by atoms with van der Waals surface area (Å²) in [7, 11) is 0. The van der Waals surface area contributed by atoms with Gasteiger partial charge in [-0.2, -0.15) is 0 Å². The average Bonchev–Trinajstić information content (AvgIpc) is 3.31. The van der Waals surface area contributed by atoms with E-state index >= 15 is 0 Å². The molecule has 1 aromatic carbocycles. The highest BCUT2D eigenvalue weighted by atomic mass is 32.1. The Kier molecular flexibility index (Phi) is 7.37. The van der Waals surface area contributed by atoms with Crippen LogP contribution in [0.15, 0.2) is 23.7 Å². The van der Waals surface area contributed by atoms with Crippen LogP contribution in [0.1, 0.15) is 87.8 Å². The molecule has 2 aromatic rings. The summed E-state index contributed by atoms with van der Waals surface area (Å²) in [5.41, 5.74) is 1.63. The molecule has 180 valence electrons. The van der Waals surface area contributed by atoms with Gasteiger partial charge in [-0.05, 0) is 35.3 Å². The number of likely N-dealkylation sites (tertiary alicyclic amines) is 1. The smallest absolute Gasteiger partial charge is 0.182 e. The van der Waals surface area contributed by atoms with E-state index in [2.05, 4.69) is 53.5 Å². The number of aromatic nitrogens is 1. The first-order chi connectivity index (χ1) is 15.3. The predicted molar refractivity (Wildman–Crippen MR) is 137 cm³/mol. The number of thiazole rings is 1. The molecular formula is C27H39N3O2S. The van der Waals surface area contributed by atoms with Crippen molar-refractivity contribution in [1.82, 2.24) is 9.88 Å². The number of carbonyl (C=O) groups is 1. The van der Waals surface area contributed by atoms with Crippen LogP contribution >= 0.6 is 11.3 Å². The number of hydrogen-bond donors (Lipinski definition) is 2. The first kappa shape index (κ1) is 25.4. The van der Waals surface area contributed by atoms with Crippen LogP contribution in [0.4, 0.5) is 0 Å². The molecule has 0 unspecified atom stereocenters. The maximum Gasteiger partial charge on any atom is 0.182 e. The highest BCUT2D eigenvalue weighted by Crippen LogP contribution is 2.40. The van der Waals surface area contributed by atoms with Crippen molar-refractivity contribution < 1.29 is 9.90 Å². The minimum atomic E-state index is -0.286. The second-order valence-electron chi connectivity index (χ2n) is 11.4. The quantitative estimate of drug-likeness (QED) is 0.474. The van der Waals surface area contributed by atoms with Crippen LogP contribution in [0, 0.1) is 17.2 Å². The maximum absolute atomic E-state index is 13.5. The van der Waals surface area contributed by atoms with E-state index in [0.717, 1.165) is 41.9 Å². The molecular weight excluding hydrogens is 430 g/mol. The number of hydrogen-bond acceptors (Lipinski definition) is 5. The lowest BCUT2D eigenvalue weighted by Gasteiger charge is -2.28. The number of aromatic hydroxyl groups is 1. The Hall–Kier alpha value is -2.21. The molecule has 3 rings (SSSR count). The van der Waals surface area contributed by atoms with E-state index in [1.165, 1.54) is 0 Å². The molecule has 0 spiro atoms. The van der Waals surface area contributed by atoms with Crippen molar-refractivity contribution in [2.45, 2.75) is 78.6 Å². The van der Waals surface area contributed by atoms with E-state index in [0.29, 0.717) is 17.3 Å². The maximum atomic E-state index is 13.5. The van der Waals surface area contributed by atoms with Gasteiger partial charge in [-0.15, -0.1) is 11.3 Å². The van der Waals surface area contributed by atoms with Crippen molar-refractivity contribution in [1.29, 1.82) is 5.41 Å². The number of phenolic OH excluding ortho intramolecular Hbond substituents is 1. The normalized spacial score (nSPS) is 19.4. The number of nitrogens with zero attached hydrogens (tertiary/aromatic N) is 2. The Balaban J connectivity index is 1.88. The molecule has 1 aromatic heterocycles. The van der Waals surface area contributed by atoms with E-state index in [-0.39, 0.29) is 34.8 Å². The number of ketones is 1. The molecule has 0 bridgehead atoms. The van der Waals surface area contributed by atoms with Gasteiger partial charge in [-0.3, -0.25) is 10.2 Å². The van der Waals surface area contributed by atoms with Gasteiger partial charge in [0.05, 0.1) is 11.6 Å². The molecule has 1 saturated heterocycles. The minimum Gasteiger partial charge on any atom is -0.507 e. The summed E-state index contributed by atoms with van der Waals surface area (Å²) in [6.45, 7) is 15.4. The zero-order chi connectivity index (χ0) is 24.6. The van der Waals surface area contributed by atoms with Crippen molar-refractivity contribution in [2.24, 2.45) is 11.8 Å². The fourth-order valence-corrected chi connectivity index (χ4v) is 5.46. The van der Waals surface area contributed by atoms with Crippen LogP contribution in [-0.2, 0) is 17.3 Å². The Bertz CT molecular complexity index is 964. The van der Waals surface area contributed by atoms with Gasteiger partial charge in [0.15, 0.2) is 5.78 Å². The third-order valence-electron chi connectivity index (χ3n) is 6.64. The Morgan fingerprint density at radius 3 is 2.27 bits per heavy atom. The van der Waals surface area contributed by atoms with Crippen LogP contribution in [-0.4, -0.2) is 39.7 Å². The van der Waals surface area contributed by atoms with E-state index in [1.54, 1.807) is 11.3 Å². The first-order valence-electron chi connectivity index (χ1n) is 12.0. The summed E-state index contributed by atoms with van der Waals surface area (Å²) in [5.74, 6) is 1.32. The summed E-state index contributed by atoms with van der Waals surface area (Å²) in [4.78, 5) is 19.9. The molecule has 1 aliphatic heterocycles. The van der Waals surface area contributed by atoms with Crippen LogP contribution in [0.2, 0.25) is 0 Å². The molecule has 1 fully saturated rings. The summed E-state index contributed by atoms with van der Waals surface area (Å²) in [6, 6.07) is 3.70. The fraction of sp³-hybridized carbons (Fsp3) is 0.593. The van der Waals surface area contributed by atoms with Crippen LogP contribution < -0.4 is 0 Å². The molecule has 5 nitrogen and oxygen atoms in total. The monoisotopic (exact) mass is 469 g/mol. The molecule has 0 aliphatic carbocycles. The molecule has 0 saturated carbocycles. The standard InChI is InChI=1S/C27H39N3O2S/c1-8-9-17-15-30(25(28)19(17)14-23-29-10-11-33-23)16-22(31)18-12-20(26(2,3)4)24(32)21(13-18)27(5,6)7/h10-13,17,19,28,32H,8-9,14-16H2,1-7H3/t17-,19-/m1/s1. The van der Waals surface area contributed by atoms with Crippen molar-refractivity contribution in [3.8, 4) is 5.75 Å². The lowest BCUT2D eigenvalue weighted by molar-refractivity contribution is 0.0963. The van der Waals surface area contributed by atoms with Crippen molar-refractivity contribution in [2.75, 3.05) is 13.1 Å². The Labute approximate surface area is 202 Å². The number of phenols is 1. The molecule has 0 amide bonds. The van der Waals surface area contributed by atoms with Crippen molar-refractivity contribution in [3.05, 3.63) is 45.4 Å². The molecule has 2 N–H and O–H groups in total. The van der Waals surface area contributed by atoms with Gasteiger partial charge in [0.2, 0.25) is 0 Å². The molecule has 33 heavy (non-hydrogen) atoms. The second-order valence-corrected chi connectivity index (χ2v) is 12.4. The van der Waals surface area contributed by atoms with E-state index in [4.69, 9.17) is 5.41 Å². The highest BCUT2D eigenvalue weighted by Gasteiger charge is 2.38. The zero-order valence-corrected chi connectivity index (χ0v) is 22.0. The summed E-state index contributed by atoms with van der Waals surface area (Å²) >= 11 is 1.64. The van der Waals surface area contributed by atoms with Gasteiger partial charge >= 0.3 is 0 Å². The molecule has 2 heterocycles. The van der Waals surface area contributed by atoms with Crippen LogP contribution in [0.25, 0.3) is 0 Å². The van der Waals surface area contributed by atoms with Gasteiger partial charge < -0.3 is 10.0 Å². The van der Waals surface area contributed by atoms with Gasteiger partial charge in [0.25, 0.3) is 0 Å². The summed E-state index contributed by atoms with van der Waals surface area (Å²) in [5, 5.41) is 22.9. The van der Waals surface area contributed by atoms with Gasteiger partial charge in [-0.25, -0.2) is 4.98 Å². The number of amidine groups is 1. The highest BCUT2D eigenvalue weighted by molar-refractivity contribution is 7.09. The number of benzene rings is 1. The first-order valence-corrected chi connectivity index (χ1v) is 12.8. The van der Waals surface area contributed by atoms with Crippen molar-refractivity contribution >= 4 is 23.0 Å². The molecule has 2 atom stereocenters. The fourth-order valence-electron chi connectivity index (χ4n) is 4.79. The second kappa shape index (κ2) is 9.57. The average molecular weight is 470 g/mol. The van der Waals surface area contributed by atoms with Gasteiger partial charge in [0, 0.05) is 47.2 Å². The molecule has 6 heteroatoms. The third-order valence-corrected chi connectivity index (χ3v) is 7.44. The van der Waals surface area contributed by atoms with E-state index in [9.17, 15) is 9.90 Å². The Morgan fingerprint density at radius 1 is 1.18 bits per heavy atom. The van der Waals surface area contributed by atoms with E-state index in [1.807, 2.05) is 28.6 Å². The van der Waals surface area contributed by atoms with Crippen LogP contribution in [0.3, 0.4) is 0 Å². The topological polar surface area (TPSA) is 77.3 Å². The van der Waals surface area contributed by atoms with Crippen molar-refractivity contribution in [3.63, 3.8) is 0 Å². The predicted octanol–water partition coefficient (Wildman–Crippen LogP) is 6.19. The largest absolute Gasteiger partial charge is 0.507 e. The van der Waals surface area contributed by atoms with E-state index < -0.39 is 0 Å². The summed E-state index contributed by atoms with van der Waals surface area (Å²) < 4.78 is 0. The number of Topliss-reactive ketones (excluding diaryl/α,β-unsaturated/α-hetero) is 1. The zero-order valence-electron chi connectivity index (χ0n) is 21.2. The summed E-state index contributed by atoms with van der Waals surface area (Å²) in [6.07, 6.45) is 4.70. The molecule has 1 aliphatic rings. The number of carbonyl (C=O) groups excluding carboxylic acids is 1. The van der Waals surface area contributed by atoms with Gasteiger partial charge in [-0.1, -0.05) is 54.9 Å². The van der Waals surface area contributed by atoms with Crippen LogP contribution in [0.5, 0.6) is 5.75 Å². The Morgan fingerprint density at radius 2 is 1.79 bits per heavy atom. The SMILES string of the molecule is CCC[C@@H]1CN(CC(=O)c2cc(C(C)(C)C)c(O)c(C(C)(C)C)c2)C(=N)[C@@H]1Cc1nccs1. The third kappa shape index (κ3) is 5.65. The molecule has 0 radical (unpaired) electrons. The lowest BCUT2D eigenvalue weighted by atomic mass is 9.78. The minimum absolute atomic E-state index is 0.000831. The number of rotatable bonds is 7. The van der Waals surface area contributed by atoms with Gasteiger partial charge in [0.1, 0.15) is 11.6 Å².